The van der Waals surface area contributed by atoms with Crippen LogP contribution in [-0.4, -0.2) is 39.6 Å². The van der Waals surface area contributed by atoms with Crippen LogP contribution in [0.5, 0.6) is 11.5 Å². The molecule has 0 spiro atoms. The molecule has 5 nitrogen and oxygen atoms in total. The zero-order chi connectivity index (χ0) is 22.3. The minimum atomic E-state index is 0.416. The van der Waals surface area contributed by atoms with Crippen molar-refractivity contribution in [3.8, 4) is 11.5 Å². The summed E-state index contributed by atoms with van der Waals surface area (Å²) in [5.74, 6) is 1.11. The summed E-state index contributed by atoms with van der Waals surface area (Å²) >= 11 is 6.51. The zero-order valence-electron chi connectivity index (χ0n) is 18.4. The molecule has 3 aromatic rings. The summed E-state index contributed by atoms with van der Waals surface area (Å²) in [6.07, 6.45) is 1.78. The third-order valence-corrected chi connectivity index (χ3v) is 5.62. The number of hydrogen-bond donors (Lipinski definition) is 0. The first-order valence-corrected chi connectivity index (χ1v) is 11.0. The molecule has 0 atom stereocenters. The first-order valence-electron chi connectivity index (χ1n) is 10.6. The quantitative estimate of drug-likeness (QED) is 0.425. The second-order valence-corrected chi connectivity index (χ2v) is 8.09. The van der Waals surface area contributed by atoms with E-state index in [1.807, 2.05) is 36.4 Å². The summed E-state index contributed by atoms with van der Waals surface area (Å²) in [5.41, 5.74) is 5.18. The maximum absolute atomic E-state index is 6.51. The minimum absolute atomic E-state index is 0.416. The Hall–Kier alpha value is -3.02. The van der Waals surface area contributed by atoms with Crippen molar-refractivity contribution in [2.24, 2.45) is 4.99 Å². The van der Waals surface area contributed by atoms with Gasteiger partial charge in [0.1, 0.15) is 6.61 Å². The predicted octanol–water partition coefficient (Wildman–Crippen LogP) is 5.82. The molecule has 1 aliphatic rings. The third-order valence-electron chi connectivity index (χ3n) is 5.34. The van der Waals surface area contributed by atoms with E-state index in [1.54, 1.807) is 13.3 Å². The number of rotatable bonds is 7. The molecule has 0 aliphatic carbocycles. The largest absolute Gasteiger partial charge is 0.493 e. The van der Waals surface area contributed by atoms with Gasteiger partial charge in [0.2, 0.25) is 0 Å². The van der Waals surface area contributed by atoms with E-state index >= 15 is 0 Å². The summed E-state index contributed by atoms with van der Waals surface area (Å²) in [5, 5.41) is 0.487. The Kier molecular flexibility index (Phi) is 7.30. The van der Waals surface area contributed by atoms with Crippen LogP contribution in [0.2, 0.25) is 5.02 Å². The van der Waals surface area contributed by atoms with Crippen molar-refractivity contribution in [2.75, 3.05) is 38.3 Å². The number of hydrogen-bond acceptors (Lipinski definition) is 5. The van der Waals surface area contributed by atoms with Gasteiger partial charge in [-0.05, 0) is 54.4 Å². The molecule has 0 bridgehead atoms. The van der Waals surface area contributed by atoms with Gasteiger partial charge < -0.3 is 19.1 Å². The summed E-state index contributed by atoms with van der Waals surface area (Å²) in [6, 6.07) is 20.1. The number of aliphatic imine (C=N–C) groups is 1. The van der Waals surface area contributed by atoms with Gasteiger partial charge in [-0.25, -0.2) is 0 Å². The maximum atomic E-state index is 6.51. The van der Waals surface area contributed by atoms with E-state index in [0.29, 0.717) is 23.1 Å². The van der Waals surface area contributed by atoms with Gasteiger partial charge in [-0.1, -0.05) is 41.4 Å². The van der Waals surface area contributed by atoms with Crippen LogP contribution in [0.3, 0.4) is 0 Å². The van der Waals surface area contributed by atoms with E-state index in [1.165, 1.54) is 11.3 Å². The molecule has 0 saturated carbocycles. The number of morpholine rings is 1. The van der Waals surface area contributed by atoms with E-state index in [4.69, 9.17) is 25.8 Å². The summed E-state index contributed by atoms with van der Waals surface area (Å²) in [7, 11) is 1.61. The molecule has 1 heterocycles. The van der Waals surface area contributed by atoms with E-state index in [9.17, 15) is 0 Å². The summed E-state index contributed by atoms with van der Waals surface area (Å²) in [6.45, 7) is 5.85. The fraction of sp³-hybridized carbons (Fsp3) is 0.269. The van der Waals surface area contributed by atoms with Crippen molar-refractivity contribution in [2.45, 2.75) is 13.5 Å². The van der Waals surface area contributed by atoms with Gasteiger partial charge >= 0.3 is 0 Å². The third kappa shape index (κ3) is 5.61. The van der Waals surface area contributed by atoms with Gasteiger partial charge in [0, 0.05) is 25.0 Å². The molecule has 0 N–H and O–H groups in total. The highest BCUT2D eigenvalue weighted by molar-refractivity contribution is 6.32. The lowest BCUT2D eigenvalue weighted by atomic mass is 10.1. The van der Waals surface area contributed by atoms with Gasteiger partial charge in [-0.15, -0.1) is 0 Å². The van der Waals surface area contributed by atoms with Crippen molar-refractivity contribution in [3.63, 3.8) is 0 Å². The fourth-order valence-corrected chi connectivity index (χ4v) is 3.79. The van der Waals surface area contributed by atoms with E-state index in [-0.39, 0.29) is 0 Å². The van der Waals surface area contributed by atoms with Gasteiger partial charge in [-0.3, -0.25) is 4.99 Å². The predicted molar refractivity (Wildman–Crippen MR) is 130 cm³/mol. The van der Waals surface area contributed by atoms with Gasteiger partial charge in [0.15, 0.2) is 11.5 Å². The molecular weight excluding hydrogens is 424 g/mol. The fourth-order valence-electron chi connectivity index (χ4n) is 3.51. The molecule has 1 fully saturated rings. The van der Waals surface area contributed by atoms with Crippen molar-refractivity contribution < 1.29 is 14.2 Å². The molecule has 32 heavy (non-hydrogen) atoms. The topological polar surface area (TPSA) is 43.3 Å². The summed E-state index contributed by atoms with van der Waals surface area (Å²) in [4.78, 5) is 6.90. The Labute approximate surface area is 194 Å². The number of ether oxygens (including phenoxy) is 3. The molecule has 0 aromatic heterocycles. The van der Waals surface area contributed by atoms with Crippen LogP contribution in [0.15, 0.2) is 65.7 Å². The normalized spacial score (nSPS) is 14.0. The standard InChI is InChI=1S/C26H27ClN2O3/c1-19-3-5-20(6-4-19)18-32-26-24(27)15-21(16-25(26)30-2)17-28-22-7-9-23(10-8-22)29-11-13-31-14-12-29/h3-10,15-17H,11-14,18H2,1-2H3. The highest BCUT2D eigenvalue weighted by Gasteiger charge is 2.13. The number of nitrogens with zero attached hydrogens (tertiary/aromatic N) is 2. The lowest BCUT2D eigenvalue weighted by molar-refractivity contribution is 0.122. The first kappa shape index (κ1) is 22.2. The number of benzene rings is 3. The first-order chi connectivity index (χ1) is 15.6. The van der Waals surface area contributed by atoms with Crippen LogP contribution < -0.4 is 14.4 Å². The smallest absolute Gasteiger partial charge is 0.180 e. The lowest BCUT2D eigenvalue weighted by Gasteiger charge is -2.28. The molecule has 4 rings (SSSR count). The molecule has 3 aromatic carbocycles. The number of halogens is 1. The maximum Gasteiger partial charge on any atom is 0.180 e. The molecule has 166 valence electrons. The highest BCUT2D eigenvalue weighted by Crippen LogP contribution is 2.36. The van der Waals surface area contributed by atoms with Gasteiger partial charge in [0.05, 0.1) is 31.0 Å². The van der Waals surface area contributed by atoms with Crippen LogP contribution in [0.25, 0.3) is 0 Å². The summed E-state index contributed by atoms with van der Waals surface area (Å²) < 4.78 is 16.9. The average molecular weight is 451 g/mol. The molecule has 6 heteroatoms. The molecule has 0 unspecified atom stereocenters. The second kappa shape index (κ2) is 10.5. The Morgan fingerprint density at radius 2 is 1.75 bits per heavy atom. The minimum Gasteiger partial charge on any atom is -0.493 e. The van der Waals surface area contributed by atoms with Crippen molar-refractivity contribution in [1.29, 1.82) is 0 Å². The van der Waals surface area contributed by atoms with E-state index < -0.39 is 0 Å². The molecular formula is C26H27ClN2O3. The zero-order valence-corrected chi connectivity index (χ0v) is 19.1. The lowest BCUT2D eigenvalue weighted by Crippen LogP contribution is -2.36. The van der Waals surface area contributed by atoms with Crippen molar-refractivity contribution >= 4 is 29.2 Å². The van der Waals surface area contributed by atoms with Crippen LogP contribution >= 0.6 is 11.6 Å². The Morgan fingerprint density at radius 3 is 2.44 bits per heavy atom. The van der Waals surface area contributed by atoms with Crippen LogP contribution in [0.4, 0.5) is 11.4 Å². The highest BCUT2D eigenvalue weighted by atomic mass is 35.5. The van der Waals surface area contributed by atoms with Crippen LogP contribution in [0, 0.1) is 6.92 Å². The number of aryl methyl sites for hydroxylation is 1. The molecule has 1 aliphatic heterocycles. The van der Waals surface area contributed by atoms with Gasteiger partial charge in [-0.2, -0.15) is 0 Å². The van der Waals surface area contributed by atoms with Gasteiger partial charge in [0.25, 0.3) is 0 Å². The van der Waals surface area contributed by atoms with E-state index in [2.05, 4.69) is 41.1 Å². The molecule has 0 radical (unpaired) electrons. The SMILES string of the molecule is COc1cc(C=Nc2ccc(N3CCOCC3)cc2)cc(Cl)c1OCc1ccc(C)cc1. The number of anilines is 1. The average Bonchev–Trinajstić information content (AvgIpc) is 2.83. The Morgan fingerprint density at radius 1 is 1.03 bits per heavy atom. The number of methoxy groups -OCH3 is 1. The second-order valence-electron chi connectivity index (χ2n) is 7.68. The Bertz CT molecular complexity index is 1060. The van der Waals surface area contributed by atoms with Crippen molar-refractivity contribution in [1.82, 2.24) is 0 Å². The van der Waals surface area contributed by atoms with Crippen LogP contribution in [-0.2, 0) is 11.3 Å². The monoisotopic (exact) mass is 450 g/mol. The van der Waals surface area contributed by atoms with E-state index in [0.717, 1.165) is 43.1 Å². The van der Waals surface area contributed by atoms with Crippen molar-refractivity contribution in [3.05, 3.63) is 82.4 Å². The molecule has 1 saturated heterocycles. The Balaban J connectivity index is 1.44. The van der Waals surface area contributed by atoms with Crippen LogP contribution in [0.1, 0.15) is 16.7 Å². The molecule has 0 amide bonds.